The molecule has 7 heteroatoms. The third-order valence-electron chi connectivity index (χ3n) is 3.34. The van der Waals surface area contributed by atoms with Crippen LogP contribution in [0.5, 0.6) is 0 Å². The molecule has 0 unspecified atom stereocenters. The van der Waals surface area contributed by atoms with Crippen LogP contribution in [0.2, 0.25) is 0 Å². The molecule has 0 radical (unpaired) electrons. The number of carbonyl (C=O) groups is 2. The van der Waals surface area contributed by atoms with Crippen molar-refractivity contribution in [2.75, 3.05) is 13.1 Å². The highest BCUT2D eigenvalue weighted by Crippen LogP contribution is 2.12. The molecular formula is C13H17N3O4. The van der Waals surface area contributed by atoms with Gasteiger partial charge in [0.05, 0.1) is 12.1 Å². The zero-order chi connectivity index (χ0) is 14.5. The fourth-order valence-electron chi connectivity index (χ4n) is 2.21. The summed E-state index contributed by atoms with van der Waals surface area (Å²) in [5.41, 5.74) is 0.429. The Morgan fingerprint density at radius 2 is 2.05 bits per heavy atom. The Morgan fingerprint density at radius 3 is 2.70 bits per heavy atom. The molecular weight excluding hydrogens is 262 g/mol. The minimum absolute atomic E-state index is 0.0906. The largest absolute Gasteiger partial charge is 0.465 e. The molecule has 0 aromatic carbocycles. The van der Waals surface area contributed by atoms with Crippen molar-refractivity contribution in [2.45, 2.75) is 25.0 Å². The van der Waals surface area contributed by atoms with E-state index in [1.165, 1.54) is 17.3 Å². The molecule has 1 aliphatic rings. The molecule has 2 amide bonds. The number of hydrogen-bond acceptors (Lipinski definition) is 4. The van der Waals surface area contributed by atoms with E-state index < -0.39 is 18.2 Å². The Morgan fingerprint density at radius 1 is 1.35 bits per heavy atom. The molecule has 0 bridgehead atoms. The Labute approximate surface area is 116 Å². The average molecular weight is 279 g/mol. The number of hydrogen-bond donors (Lipinski definition) is 3. The summed E-state index contributed by atoms with van der Waals surface area (Å²) in [6, 6.07) is 2.52. The van der Waals surface area contributed by atoms with Crippen molar-refractivity contribution < 1.29 is 19.8 Å². The van der Waals surface area contributed by atoms with Gasteiger partial charge in [-0.2, -0.15) is 0 Å². The second-order valence-electron chi connectivity index (χ2n) is 4.75. The van der Waals surface area contributed by atoms with E-state index in [0.717, 1.165) is 0 Å². The van der Waals surface area contributed by atoms with Gasteiger partial charge in [-0.05, 0) is 25.0 Å². The third-order valence-corrected chi connectivity index (χ3v) is 3.34. The first-order valence-corrected chi connectivity index (χ1v) is 6.45. The maximum Gasteiger partial charge on any atom is 0.407 e. The predicted molar refractivity (Wildman–Crippen MR) is 70.3 cm³/mol. The van der Waals surface area contributed by atoms with Crippen LogP contribution >= 0.6 is 0 Å². The fourth-order valence-corrected chi connectivity index (χ4v) is 2.21. The molecule has 1 aromatic heterocycles. The average Bonchev–Trinajstić information content (AvgIpc) is 2.62. The smallest absolute Gasteiger partial charge is 0.407 e. The Kier molecular flexibility index (Phi) is 4.52. The molecule has 3 N–H and O–H groups in total. The van der Waals surface area contributed by atoms with Crippen LogP contribution in [-0.2, 0) is 0 Å². The Hall–Kier alpha value is -2.15. The lowest BCUT2D eigenvalue weighted by Crippen LogP contribution is -2.49. The summed E-state index contributed by atoms with van der Waals surface area (Å²) >= 11 is 0. The highest BCUT2D eigenvalue weighted by molar-refractivity contribution is 5.94. The number of amides is 2. The zero-order valence-electron chi connectivity index (χ0n) is 10.9. The van der Waals surface area contributed by atoms with Crippen molar-refractivity contribution >= 4 is 12.0 Å². The SMILES string of the molecule is O=C(N[C@@H]1CN(C(=O)O)CCC[C@H]1O)c1ccncc1. The van der Waals surface area contributed by atoms with Gasteiger partial charge in [0.1, 0.15) is 0 Å². The molecule has 1 saturated heterocycles. The van der Waals surface area contributed by atoms with Gasteiger partial charge in [-0.25, -0.2) is 4.79 Å². The van der Waals surface area contributed by atoms with Crippen LogP contribution < -0.4 is 5.32 Å². The molecule has 0 aliphatic carbocycles. The number of pyridine rings is 1. The summed E-state index contributed by atoms with van der Waals surface area (Å²) in [6.45, 7) is 0.460. The van der Waals surface area contributed by atoms with Gasteiger partial charge in [-0.3, -0.25) is 9.78 Å². The molecule has 20 heavy (non-hydrogen) atoms. The lowest BCUT2D eigenvalue weighted by atomic mass is 10.1. The van der Waals surface area contributed by atoms with E-state index in [2.05, 4.69) is 10.3 Å². The Bertz CT molecular complexity index is 480. The molecule has 1 fully saturated rings. The van der Waals surface area contributed by atoms with Gasteiger partial charge < -0.3 is 20.4 Å². The second-order valence-corrected chi connectivity index (χ2v) is 4.75. The minimum Gasteiger partial charge on any atom is -0.465 e. The predicted octanol–water partition coefficient (Wildman–Crippen LogP) is 0.315. The van der Waals surface area contributed by atoms with Crippen LogP contribution in [0.4, 0.5) is 4.79 Å². The molecule has 7 nitrogen and oxygen atoms in total. The number of aliphatic hydroxyl groups excluding tert-OH is 1. The van der Waals surface area contributed by atoms with Gasteiger partial charge in [0.25, 0.3) is 5.91 Å². The lowest BCUT2D eigenvalue weighted by molar-refractivity contribution is 0.0792. The van der Waals surface area contributed by atoms with Crippen LogP contribution in [-0.4, -0.2) is 57.3 Å². The molecule has 2 heterocycles. The van der Waals surface area contributed by atoms with Gasteiger partial charge >= 0.3 is 6.09 Å². The molecule has 0 spiro atoms. The summed E-state index contributed by atoms with van der Waals surface area (Å²) < 4.78 is 0. The molecule has 108 valence electrons. The zero-order valence-corrected chi connectivity index (χ0v) is 10.9. The van der Waals surface area contributed by atoms with Crippen molar-refractivity contribution in [3.05, 3.63) is 30.1 Å². The monoisotopic (exact) mass is 279 g/mol. The van der Waals surface area contributed by atoms with E-state index in [4.69, 9.17) is 5.11 Å². The summed E-state index contributed by atoms with van der Waals surface area (Å²) in [6.07, 6.45) is 2.26. The van der Waals surface area contributed by atoms with Gasteiger partial charge in [-0.15, -0.1) is 0 Å². The second kappa shape index (κ2) is 6.33. The number of carboxylic acid groups (broad SMARTS) is 1. The maximum atomic E-state index is 12.0. The van der Waals surface area contributed by atoms with Crippen molar-refractivity contribution in [2.24, 2.45) is 0 Å². The van der Waals surface area contributed by atoms with Gasteiger partial charge in [0.2, 0.25) is 0 Å². The maximum absolute atomic E-state index is 12.0. The molecule has 1 aromatic rings. The molecule has 0 saturated carbocycles. The van der Waals surface area contributed by atoms with Crippen LogP contribution in [0, 0.1) is 0 Å². The summed E-state index contributed by atoms with van der Waals surface area (Å²) in [4.78, 5) is 28.1. The van der Waals surface area contributed by atoms with Crippen LogP contribution in [0.3, 0.4) is 0 Å². The first-order chi connectivity index (χ1) is 9.58. The quantitative estimate of drug-likeness (QED) is 0.723. The highest BCUT2D eigenvalue weighted by atomic mass is 16.4. The van der Waals surface area contributed by atoms with E-state index in [9.17, 15) is 14.7 Å². The third kappa shape index (κ3) is 3.45. The molecule has 2 rings (SSSR count). The number of nitrogens with zero attached hydrogens (tertiary/aromatic N) is 2. The van der Waals surface area contributed by atoms with Crippen LogP contribution in [0.25, 0.3) is 0 Å². The normalized spacial score (nSPS) is 22.9. The van der Waals surface area contributed by atoms with Crippen molar-refractivity contribution in [1.82, 2.24) is 15.2 Å². The summed E-state index contributed by atoms with van der Waals surface area (Å²) in [5.74, 6) is -0.344. The van der Waals surface area contributed by atoms with Gasteiger partial charge in [0, 0.05) is 31.0 Å². The topological polar surface area (TPSA) is 103 Å². The number of carbonyl (C=O) groups excluding carboxylic acids is 1. The first-order valence-electron chi connectivity index (χ1n) is 6.45. The van der Waals surface area contributed by atoms with E-state index in [-0.39, 0.29) is 12.5 Å². The van der Waals surface area contributed by atoms with E-state index in [1.807, 2.05) is 0 Å². The number of rotatable bonds is 2. The fraction of sp³-hybridized carbons (Fsp3) is 0.462. The first kappa shape index (κ1) is 14.3. The van der Waals surface area contributed by atoms with Crippen LogP contribution in [0.15, 0.2) is 24.5 Å². The lowest BCUT2D eigenvalue weighted by Gasteiger charge is -2.25. The summed E-state index contributed by atoms with van der Waals surface area (Å²) in [7, 11) is 0. The number of aliphatic hydroxyl groups is 1. The van der Waals surface area contributed by atoms with Gasteiger partial charge in [0.15, 0.2) is 0 Å². The molecule has 2 atom stereocenters. The summed E-state index contributed by atoms with van der Waals surface area (Å²) in [5, 5.41) is 21.7. The Balaban J connectivity index is 2.05. The standard InChI is InChI=1S/C13H17N3O4/c17-11-2-1-7-16(13(19)20)8-10(11)15-12(18)9-3-5-14-6-4-9/h3-6,10-11,17H,1-2,7-8H2,(H,15,18)(H,19,20)/t10-,11-/m1/s1. The number of aromatic nitrogens is 1. The number of likely N-dealkylation sites (tertiary alicyclic amines) is 1. The van der Waals surface area contributed by atoms with E-state index >= 15 is 0 Å². The van der Waals surface area contributed by atoms with E-state index in [0.29, 0.717) is 24.9 Å². The molecule has 1 aliphatic heterocycles. The van der Waals surface area contributed by atoms with Crippen LogP contribution in [0.1, 0.15) is 23.2 Å². The van der Waals surface area contributed by atoms with E-state index in [1.54, 1.807) is 12.1 Å². The van der Waals surface area contributed by atoms with Crippen molar-refractivity contribution in [3.8, 4) is 0 Å². The minimum atomic E-state index is -1.04. The number of nitrogens with one attached hydrogen (secondary N) is 1. The van der Waals surface area contributed by atoms with Gasteiger partial charge in [-0.1, -0.05) is 0 Å². The highest BCUT2D eigenvalue weighted by Gasteiger charge is 2.29. The van der Waals surface area contributed by atoms with Crippen molar-refractivity contribution in [1.29, 1.82) is 0 Å². The van der Waals surface area contributed by atoms with Crippen molar-refractivity contribution in [3.63, 3.8) is 0 Å².